The Balaban J connectivity index is 2.12. The lowest BCUT2D eigenvalue weighted by atomic mass is 9.90. The van der Waals surface area contributed by atoms with Crippen molar-refractivity contribution >= 4 is 15.9 Å². The number of hydrogen-bond donors (Lipinski definition) is 1. The maximum absolute atomic E-state index is 3.57. The molecule has 0 aliphatic heterocycles. The van der Waals surface area contributed by atoms with E-state index >= 15 is 0 Å². The summed E-state index contributed by atoms with van der Waals surface area (Å²) in [6.07, 6.45) is 2.59. The molecule has 1 fully saturated rings. The van der Waals surface area contributed by atoms with Gasteiger partial charge in [-0.1, -0.05) is 41.9 Å². The zero-order valence-electron chi connectivity index (χ0n) is 10.1. The van der Waals surface area contributed by atoms with Crippen molar-refractivity contribution in [3.8, 4) is 0 Å². The van der Waals surface area contributed by atoms with Gasteiger partial charge < -0.3 is 5.32 Å². The molecule has 16 heavy (non-hydrogen) atoms. The maximum Gasteiger partial charge on any atom is 0.0178 e. The van der Waals surface area contributed by atoms with Crippen LogP contribution in [0, 0.1) is 5.92 Å². The molecule has 0 saturated heterocycles. The largest absolute Gasteiger partial charge is 0.317 e. The van der Waals surface area contributed by atoms with Crippen molar-refractivity contribution in [1.29, 1.82) is 0 Å². The molecule has 0 bridgehead atoms. The predicted molar refractivity (Wildman–Crippen MR) is 72.8 cm³/mol. The second-order valence-corrected chi connectivity index (χ2v) is 5.64. The highest BCUT2D eigenvalue weighted by Gasteiger charge is 2.52. The number of benzene rings is 1. The zero-order chi connectivity index (χ0) is 11.6. The van der Waals surface area contributed by atoms with E-state index in [2.05, 4.69) is 59.4 Å². The fraction of sp³-hybridized carbons (Fsp3) is 0.571. The van der Waals surface area contributed by atoms with Crippen LogP contribution in [-0.2, 0) is 5.41 Å². The molecule has 0 heterocycles. The minimum Gasteiger partial charge on any atom is -0.317 e. The molecule has 88 valence electrons. The lowest BCUT2D eigenvalue weighted by Gasteiger charge is -2.16. The highest BCUT2D eigenvalue weighted by molar-refractivity contribution is 9.10. The topological polar surface area (TPSA) is 12.0 Å². The summed E-state index contributed by atoms with van der Waals surface area (Å²) in [5.74, 6) is 0.826. The average Bonchev–Trinajstić information content (AvgIpc) is 3.01. The Kier molecular flexibility index (Phi) is 3.70. The number of rotatable bonds is 5. The van der Waals surface area contributed by atoms with Crippen LogP contribution in [0.1, 0.15) is 32.3 Å². The van der Waals surface area contributed by atoms with Crippen molar-refractivity contribution < 1.29 is 0 Å². The van der Waals surface area contributed by atoms with Gasteiger partial charge >= 0.3 is 0 Å². The van der Waals surface area contributed by atoms with Gasteiger partial charge in [0.15, 0.2) is 0 Å². The molecular weight excluding hydrogens is 262 g/mol. The predicted octanol–water partition coefficient (Wildman–Crippen LogP) is 3.73. The first-order valence-corrected chi connectivity index (χ1v) is 6.99. The van der Waals surface area contributed by atoms with Gasteiger partial charge in [0.25, 0.3) is 0 Å². The molecule has 0 amide bonds. The summed E-state index contributed by atoms with van der Waals surface area (Å²) < 4.78 is 1.20. The SMILES string of the molecule is CCNCC1CC1(CC)c1cccc(Br)c1. The molecule has 1 aromatic rings. The third kappa shape index (κ3) is 2.18. The lowest BCUT2D eigenvalue weighted by Crippen LogP contribution is -2.20. The summed E-state index contributed by atoms with van der Waals surface area (Å²) >= 11 is 3.57. The highest BCUT2D eigenvalue weighted by Crippen LogP contribution is 2.56. The second kappa shape index (κ2) is 4.89. The molecule has 1 saturated carbocycles. The van der Waals surface area contributed by atoms with E-state index in [1.54, 1.807) is 0 Å². The minimum absolute atomic E-state index is 0.450. The van der Waals surface area contributed by atoms with Crippen LogP contribution < -0.4 is 5.32 Å². The van der Waals surface area contributed by atoms with Crippen molar-refractivity contribution in [3.05, 3.63) is 34.3 Å². The molecule has 0 radical (unpaired) electrons. The minimum atomic E-state index is 0.450. The molecule has 1 aliphatic rings. The fourth-order valence-corrected chi connectivity index (χ4v) is 3.15. The van der Waals surface area contributed by atoms with Crippen LogP contribution in [0.25, 0.3) is 0 Å². The van der Waals surface area contributed by atoms with Gasteiger partial charge in [-0.2, -0.15) is 0 Å². The van der Waals surface area contributed by atoms with E-state index in [1.807, 2.05) is 0 Å². The molecule has 2 atom stereocenters. The first-order chi connectivity index (χ1) is 7.73. The van der Waals surface area contributed by atoms with Crippen molar-refractivity contribution in [1.82, 2.24) is 5.32 Å². The number of nitrogens with one attached hydrogen (secondary N) is 1. The Morgan fingerprint density at radius 2 is 2.25 bits per heavy atom. The molecule has 0 spiro atoms. The summed E-state index contributed by atoms with van der Waals surface area (Å²) in [7, 11) is 0. The third-order valence-electron chi connectivity index (χ3n) is 3.90. The number of halogens is 1. The Labute approximate surface area is 107 Å². The smallest absolute Gasteiger partial charge is 0.0178 e. The normalized spacial score (nSPS) is 28.1. The monoisotopic (exact) mass is 281 g/mol. The average molecular weight is 282 g/mol. The Morgan fingerprint density at radius 3 is 2.88 bits per heavy atom. The van der Waals surface area contributed by atoms with Crippen LogP contribution in [0.2, 0.25) is 0 Å². The molecule has 1 aromatic carbocycles. The van der Waals surface area contributed by atoms with Crippen LogP contribution in [-0.4, -0.2) is 13.1 Å². The first kappa shape index (κ1) is 12.1. The molecule has 2 unspecified atom stereocenters. The first-order valence-electron chi connectivity index (χ1n) is 6.19. The van der Waals surface area contributed by atoms with E-state index in [0.717, 1.165) is 19.0 Å². The molecule has 0 aromatic heterocycles. The third-order valence-corrected chi connectivity index (χ3v) is 4.40. The van der Waals surface area contributed by atoms with Gasteiger partial charge in [0.05, 0.1) is 0 Å². The van der Waals surface area contributed by atoms with E-state index in [0.29, 0.717) is 5.41 Å². The summed E-state index contributed by atoms with van der Waals surface area (Å²) in [4.78, 5) is 0. The standard InChI is InChI=1S/C14H20BrN/c1-3-14(9-12(14)10-16-4-2)11-6-5-7-13(15)8-11/h5-8,12,16H,3-4,9-10H2,1-2H3. The Hall–Kier alpha value is -0.340. The van der Waals surface area contributed by atoms with Crippen LogP contribution in [0.3, 0.4) is 0 Å². The van der Waals surface area contributed by atoms with Gasteiger partial charge in [0.2, 0.25) is 0 Å². The van der Waals surface area contributed by atoms with Gasteiger partial charge in [0, 0.05) is 4.47 Å². The Morgan fingerprint density at radius 1 is 1.44 bits per heavy atom. The maximum atomic E-state index is 3.57. The van der Waals surface area contributed by atoms with Crippen molar-refractivity contribution in [3.63, 3.8) is 0 Å². The lowest BCUT2D eigenvalue weighted by molar-refractivity contribution is 0.546. The number of hydrogen-bond acceptors (Lipinski definition) is 1. The molecule has 1 N–H and O–H groups in total. The van der Waals surface area contributed by atoms with E-state index in [1.165, 1.54) is 22.9 Å². The van der Waals surface area contributed by atoms with Crippen LogP contribution in [0.5, 0.6) is 0 Å². The quantitative estimate of drug-likeness (QED) is 0.867. The van der Waals surface area contributed by atoms with Gasteiger partial charge in [-0.3, -0.25) is 0 Å². The van der Waals surface area contributed by atoms with E-state index in [9.17, 15) is 0 Å². The second-order valence-electron chi connectivity index (χ2n) is 4.73. The summed E-state index contributed by atoms with van der Waals surface area (Å²) in [6, 6.07) is 8.82. The highest BCUT2D eigenvalue weighted by atomic mass is 79.9. The molecular formula is C14H20BrN. The van der Waals surface area contributed by atoms with Gasteiger partial charge in [-0.05, 0) is 55.0 Å². The van der Waals surface area contributed by atoms with Gasteiger partial charge in [0.1, 0.15) is 0 Å². The van der Waals surface area contributed by atoms with Crippen LogP contribution in [0.15, 0.2) is 28.7 Å². The Bertz CT molecular complexity index is 364. The molecule has 1 nitrogen and oxygen atoms in total. The van der Waals surface area contributed by atoms with Crippen LogP contribution in [0.4, 0.5) is 0 Å². The van der Waals surface area contributed by atoms with Gasteiger partial charge in [-0.15, -0.1) is 0 Å². The van der Waals surface area contributed by atoms with Crippen molar-refractivity contribution in [2.24, 2.45) is 5.92 Å². The van der Waals surface area contributed by atoms with Crippen molar-refractivity contribution in [2.75, 3.05) is 13.1 Å². The fourth-order valence-electron chi connectivity index (χ4n) is 2.76. The summed E-state index contributed by atoms with van der Waals surface area (Å²) in [6.45, 7) is 6.73. The van der Waals surface area contributed by atoms with Crippen molar-refractivity contribution in [2.45, 2.75) is 32.1 Å². The summed E-state index contributed by atoms with van der Waals surface area (Å²) in [5, 5.41) is 3.47. The molecule has 2 heteroatoms. The van der Waals surface area contributed by atoms with Crippen LogP contribution >= 0.6 is 15.9 Å². The molecule has 1 aliphatic carbocycles. The zero-order valence-corrected chi connectivity index (χ0v) is 11.7. The molecule has 2 rings (SSSR count). The van der Waals surface area contributed by atoms with E-state index in [4.69, 9.17) is 0 Å². The van der Waals surface area contributed by atoms with Gasteiger partial charge in [-0.25, -0.2) is 0 Å². The van der Waals surface area contributed by atoms with E-state index < -0.39 is 0 Å². The van der Waals surface area contributed by atoms with E-state index in [-0.39, 0.29) is 0 Å². The summed E-state index contributed by atoms with van der Waals surface area (Å²) in [5.41, 5.74) is 1.96.